The molecular formula is C9H14N2O3S. The summed E-state index contributed by atoms with van der Waals surface area (Å²) in [6.45, 7) is 2.23. The van der Waals surface area contributed by atoms with E-state index in [1.807, 2.05) is 6.92 Å². The molecule has 2 heterocycles. The monoisotopic (exact) mass is 230 g/mol. The van der Waals surface area contributed by atoms with Gasteiger partial charge in [0.15, 0.2) is 0 Å². The van der Waals surface area contributed by atoms with Crippen LogP contribution in [-0.2, 0) is 10.0 Å². The molecule has 0 unspecified atom stereocenters. The Balaban J connectivity index is 2.15. The molecule has 1 fully saturated rings. The number of hydrogen-bond donors (Lipinski definition) is 2. The van der Waals surface area contributed by atoms with Gasteiger partial charge in [0.05, 0.1) is 10.5 Å². The first-order valence-corrected chi connectivity index (χ1v) is 6.27. The van der Waals surface area contributed by atoms with Crippen LogP contribution < -0.4 is 0 Å². The van der Waals surface area contributed by atoms with Gasteiger partial charge in [0.1, 0.15) is 0 Å². The lowest BCUT2D eigenvalue weighted by Gasteiger charge is -2.44. The Morgan fingerprint density at radius 3 is 2.73 bits per heavy atom. The number of aliphatic hydroxyl groups is 1. The summed E-state index contributed by atoms with van der Waals surface area (Å²) in [5, 5.41) is 9.74. The fourth-order valence-electron chi connectivity index (χ4n) is 1.62. The Labute approximate surface area is 88.8 Å². The molecule has 0 radical (unpaired) electrons. The lowest BCUT2D eigenvalue weighted by molar-refractivity contribution is -0.0613. The molecule has 2 rings (SSSR count). The number of sulfonamides is 1. The van der Waals surface area contributed by atoms with Crippen LogP contribution in [0.3, 0.4) is 0 Å². The zero-order valence-electron chi connectivity index (χ0n) is 8.47. The quantitative estimate of drug-likeness (QED) is 0.777. The van der Waals surface area contributed by atoms with Crippen LogP contribution in [0.25, 0.3) is 0 Å². The van der Waals surface area contributed by atoms with Crippen LogP contribution >= 0.6 is 0 Å². The van der Waals surface area contributed by atoms with Crippen LogP contribution in [0, 0.1) is 0 Å². The zero-order valence-corrected chi connectivity index (χ0v) is 9.29. The molecule has 0 aromatic carbocycles. The van der Waals surface area contributed by atoms with Crippen molar-refractivity contribution >= 4 is 10.0 Å². The lowest BCUT2D eigenvalue weighted by atomic mass is 9.94. The van der Waals surface area contributed by atoms with E-state index in [1.54, 1.807) is 6.20 Å². The molecule has 2 N–H and O–H groups in total. The summed E-state index contributed by atoms with van der Waals surface area (Å²) >= 11 is 0. The lowest BCUT2D eigenvalue weighted by Crippen LogP contribution is -2.62. The standard InChI is InChI=1S/C9H14N2O3S/c1-2-9(12)6-11(7-9)15(13,14)8-3-4-10-5-8/h3-5,10,12H,2,6-7H2,1H3. The highest BCUT2D eigenvalue weighted by molar-refractivity contribution is 7.89. The first-order valence-electron chi connectivity index (χ1n) is 4.83. The third-order valence-electron chi connectivity index (χ3n) is 2.81. The van der Waals surface area contributed by atoms with Gasteiger partial charge in [0.2, 0.25) is 10.0 Å². The third kappa shape index (κ3) is 1.68. The van der Waals surface area contributed by atoms with Gasteiger partial charge in [-0.1, -0.05) is 6.92 Å². The summed E-state index contributed by atoms with van der Waals surface area (Å²) in [4.78, 5) is 2.96. The predicted molar refractivity (Wildman–Crippen MR) is 54.8 cm³/mol. The molecule has 1 aromatic heterocycles. The highest BCUT2D eigenvalue weighted by Gasteiger charge is 2.45. The van der Waals surface area contributed by atoms with Gasteiger partial charge in [0, 0.05) is 25.5 Å². The molecular weight excluding hydrogens is 216 g/mol. The van der Waals surface area contributed by atoms with Crippen LogP contribution in [-0.4, -0.2) is 41.5 Å². The molecule has 15 heavy (non-hydrogen) atoms. The number of nitrogens with one attached hydrogen (secondary N) is 1. The topological polar surface area (TPSA) is 73.4 Å². The number of aromatic amines is 1. The van der Waals surface area contributed by atoms with E-state index in [2.05, 4.69) is 4.98 Å². The van der Waals surface area contributed by atoms with Crippen LogP contribution in [0.1, 0.15) is 13.3 Å². The van der Waals surface area contributed by atoms with Crippen LogP contribution in [0.2, 0.25) is 0 Å². The van der Waals surface area contributed by atoms with Crippen molar-refractivity contribution in [3.05, 3.63) is 18.5 Å². The molecule has 0 atom stereocenters. The Morgan fingerprint density at radius 2 is 2.27 bits per heavy atom. The Bertz CT molecular complexity index is 432. The van der Waals surface area contributed by atoms with Gasteiger partial charge < -0.3 is 10.1 Å². The largest absolute Gasteiger partial charge is 0.387 e. The summed E-state index contributed by atoms with van der Waals surface area (Å²) in [6, 6.07) is 1.51. The van der Waals surface area contributed by atoms with Crippen molar-refractivity contribution in [1.82, 2.24) is 9.29 Å². The van der Waals surface area contributed by atoms with Crippen molar-refractivity contribution in [3.8, 4) is 0 Å². The van der Waals surface area contributed by atoms with Crippen molar-refractivity contribution in [3.63, 3.8) is 0 Å². The fraction of sp³-hybridized carbons (Fsp3) is 0.556. The van der Waals surface area contributed by atoms with E-state index in [-0.39, 0.29) is 18.0 Å². The van der Waals surface area contributed by atoms with Gasteiger partial charge in [-0.3, -0.25) is 0 Å². The highest BCUT2D eigenvalue weighted by atomic mass is 32.2. The number of nitrogens with zero attached hydrogens (tertiary/aromatic N) is 1. The number of hydrogen-bond acceptors (Lipinski definition) is 3. The molecule has 0 amide bonds. The van der Waals surface area contributed by atoms with E-state index in [9.17, 15) is 13.5 Å². The van der Waals surface area contributed by atoms with E-state index in [0.29, 0.717) is 6.42 Å². The molecule has 1 aliphatic heterocycles. The molecule has 5 nitrogen and oxygen atoms in total. The molecule has 1 aromatic rings. The minimum atomic E-state index is -3.40. The highest BCUT2D eigenvalue weighted by Crippen LogP contribution is 2.29. The van der Waals surface area contributed by atoms with Crippen molar-refractivity contribution in [2.24, 2.45) is 0 Å². The van der Waals surface area contributed by atoms with Crippen molar-refractivity contribution in [2.45, 2.75) is 23.8 Å². The summed E-state index contributed by atoms with van der Waals surface area (Å²) in [5.74, 6) is 0. The van der Waals surface area contributed by atoms with E-state index >= 15 is 0 Å². The minimum absolute atomic E-state index is 0.191. The Hall–Kier alpha value is -0.850. The minimum Gasteiger partial charge on any atom is -0.387 e. The van der Waals surface area contributed by atoms with Crippen molar-refractivity contribution in [2.75, 3.05) is 13.1 Å². The Kier molecular flexibility index (Phi) is 2.37. The Morgan fingerprint density at radius 1 is 1.60 bits per heavy atom. The van der Waals surface area contributed by atoms with E-state index in [1.165, 1.54) is 16.6 Å². The number of rotatable bonds is 3. The van der Waals surface area contributed by atoms with E-state index in [4.69, 9.17) is 0 Å². The molecule has 0 saturated carbocycles. The first kappa shape index (κ1) is 10.7. The van der Waals surface area contributed by atoms with Gasteiger partial charge in [-0.05, 0) is 12.5 Å². The molecule has 84 valence electrons. The van der Waals surface area contributed by atoms with Crippen LogP contribution in [0.5, 0.6) is 0 Å². The molecule has 0 bridgehead atoms. The number of H-pyrrole nitrogens is 1. The second kappa shape index (κ2) is 3.33. The molecule has 1 aliphatic rings. The smallest absolute Gasteiger partial charge is 0.244 e. The van der Waals surface area contributed by atoms with Crippen molar-refractivity contribution in [1.29, 1.82) is 0 Å². The van der Waals surface area contributed by atoms with Gasteiger partial charge >= 0.3 is 0 Å². The van der Waals surface area contributed by atoms with Gasteiger partial charge in [-0.2, -0.15) is 4.31 Å². The van der Waals surface area contributed by atoms with E-state index in [0.717, 1.165) is 0 Å². The van der Waals surface area contributed by atoms with Gasteiger partial charge in [0.25, 0.3) is 0 Å². The maximum atomic E-state index is 11.9. The van der Waals surface area contributed by atoms with E-state index < -0.39 is 15.6 Å². The fourth-order valence-corrected chi connectivity index (χ4v) is 3.20. The van der Waals surface area contributed by atoms with Crippen LogP contribution in [0.4, 0.5) is 0 Å². The molecule has 0 spiro atoms. The predicted octanol–water partition coefficient (Wildman–Crippen LogP) is 0.160. The molecule has 6 heteroatoms. The van der Waals surface area contributed by atoms with Gasteiger partial charge in [-0.15, -0.1) is 0 Å². The normalized spacial score (nSPS) is 21.2. The maximum Gasteiger partial charge on any atom is 0.244 e. The second-order valence-corrected chi connectivity index (χ2v) is 5.84. The SMILES string of the molecule is CCC1(O)CN(S(=O)(=O)c2cc[nH]c2)C1. The summed E-state index contributed by atoms with van der Waals surface area (Å²) in [6.07, 6.45) is 3.59. The first-order chi connectivity index (χ1) is 6.98. The van der Waals surface area contributed by atoms with Gasteiger partial charge in [-0.25, -0.2) is 8.42 Å². The molecule has 0 aliphatic carbocycles. The average Bonchev–Trinajstić information content (AvgIpc) is 2.65. The van der Waals surface area contributed by atoms with Crippen LogP contribution in [0.15, 0.2) is 23.4 Å². The summed E-state index contributed by atoms with van der Waals surface area (Å²) < 4.78 is 25.0. The second-order valence-electron chi connectivity index (χ2n) is 3.90. The third-order valence-corrected chi connectivity index (χ3v) is 4.59. The zero-order chi connectivity index (χ0) is 11.1. The van der Waals surface area contributed by atoms with Crippen molar-refractivity contribution < 1.29 is 13.5 Å². The maximum absolute atomic E-state index is 11.9. The molecule has 1 saturated heterocycles. The summed E-state index contributed by atoms with van der Waals surface area (Å²) in [7, 11) is -3.40. The average molecular weight is 230 g/mol. The number of aromatic nitrogens is 1. The summed E-state index contributed by atoms with van der Waals surface area (Å²) in [5.41, 5.74) is -0.830. The number of β-amino-alcohol motifs (C(OH)–C–C–N with tert-alkyl or cyclic N) is 1.